The molecule has 0 bridgehead atoms. The molecule has 0 saturated carbocycles. The summed E-state index contributed by atoms with van der Waals surface area (Å²) in [7, 11) is 1.76. The Balaban J connectivity index is 1.60. The number of aliphatic hydroxyl groups is 1. The highest BCUT2D eigenvalue weighted by atomic mass is 16.5. The van der Waals surface area contributed by atoms with Crippen molar-refractivity contribution in [2.75, 3.05) is 44.0 Å². The van der Waals surface area contributed by atoms with E-state index in [9.17, 15) is 19.5 Å². The van der Waals surface area contributed by atoms with Crippen LogP contribution in [0.5, 0.6) is 5.75 Å². The van der Waals surface area contributed by atoms with E-state index in [0.29, 0.717) is 35.8 Å². The average Bonchev–Trinajstić information content (AvgIpc) is 3.06. The number of nitrogens with one attached hydrogen (secondary N) is 2. The van der Waals surface area contributed by atoms with Crippen LogP contribution in [0.3, 0.4) is 0 Å². The largest absolute Gasteiger partial charge is 0.490 e. The zero-order valence-electron chi connectivity index (χ0n) is 27.1. The second kappa shape index (κ2) is 16.8. The number of amides is 4. The summed E-state index contributed by atoms with van der Waals surface area (Å²) in [5.41, 5.74) is 1.93. The van der Waals surface area contributed by atoms with Crippen LogP contribution in [0.15, 0.2) is 78.9 Å². The number of hydrogen-bond acceptors (Lipinski definition) is 6. The predicted octanol–water partition coefficient (Wildman–Crippen LogP) is 5.90. The van der Waals surface area contributed by atoms with Crippen molar-refractivity contribution in [1.82, 2.24) is 9.80 Å². The molecular weight excluding hydrogens is 584 g/mol. The maximum atomic E-state index is 14.3. The number of urea groups is 1. The van der Waals surface area contributed by atoms with Crippen LogP contribution >= 0.6 is 0 Å². The van der Waals surface area contributed by atoms with Gasteiger partial charge in [0.1, 0.15) is 5.75 Å². The molecule has 4 atom stereocenters. The lowest BCUT2D eigenvalue weighted by Crippen LogP contribution is -2.48. The van der Waals surface area contributed by atoms with E-state index in [-0.39, 0.29) is 48.7 Å². The molecule has 10 nitrogen and oxygen atoms in total. The number of anilines is 2. The van der Waals surface area contributed by atoms with E-state index >= 15 is 0 Å². The summed E-state index contributed by atoms with van der Waals surface area (Å²) in [5, 5.41) is 15.8. The van der Waals surface area contributed by atoms with Crippen LogP contribution in [0, 0.1) is 5.92 Å². The van der Waals surface area contributed by atoms with Gasteiger partial charge in [-0.2, -0.15) is 0 Å². The molecule has 10 heteroatoms. The van der Waals surface area contributed by atoms with Crippen LogP contribution in [-0.2, 0) is 4.74 Å². The van der Waals surface area contributed by atoms with Crippen molar-refractivity contribution in [3.63, 3.8) is 0 Å². The number of fused-ring (bicyclic) bond motifs is 1. The highest BCUT2D eigenvalue weighted by Crippen LogP contribution is 2.29. The van der Waals surface area contributed by atoms with Gasteiger partial charge >= 0.3 is 6.03 Å². The van der Waals surface area contributed by atoms with Gasteiger partial charge in [0.15, 0.2) is 0 Å². The number of nitrogens with zero attached hydrogens (tertiary/aromatic N) is 2. The Kier molecular flexibility index (Phi) is 12.6. The van der Waals surface area contributed by atoms with E-state index < -0.39 is 12.1 Å². The molecular formula is C36H46N4O6. The molecule has 0 fully saturated rings. The number of carbonyl (C=O) groups is 3. The molecule has 3 N–H and O–H groups in total. The first-order chi connectivity index (χ1) is 22.2. The number of benzene rings is 3. The molecule has 4 amide bonds. The lowest BCUT2D eigenvalue weighted by Gasteiger charge is -2.36. The number of ether oxygens (including phenoxy) is 2. The molecule has 1 heterocycles. The molecule has 46 heavy (non-hydrogen) atoms. The van der Waals surface area contributed by atoms with E-state index in [1.54, 1.807) is 66.2 Å². The lowest BCUT2D eigenvalue weighted by molar-refractivity contribution is -0.0149. The minimum Gasteiger partial charge on any atom is -0.490 e. The van der Waals surface area contributed by atoms with Gasteiger partial charge < -0.3 is 35.0 Å². The van der Waals surface area contributed by atoms with Crippen LogP contribution in [0.25, 0.3) is 0 Å². The molecule has 0 aromatic heterocycles. The van der Waals surface area contributed by atoms with Crippen LogP contribution in [0.2, 0.25) is 0 Å². The van der Waals surface area contributed by atoms with Crippen molar-refractivity contribution in [2.45, 2.75) is 58.3 Å². The normalized spacial score (nSPS) is 20.0. The van der Waals surface area contributed by atoms with Gasteiger partial charge in [0.2, 0.25) is 0 Å². The standard InChI is InChI=1S/C36H46N4O6/c1-25-22-40(26(2)24-41)35(43)31-21-30(38-36(44)37-29-16-9-6-10-17-29)18-19-32(31)46-27(3)13-11-12-20-45-33(25)23-39(4)34(42)28-14-7-5-8-15-28/h5-10,14-19,21,25-27,33,41H,11-13,20,22-24H2,1-4H3,(H2,37,38,44)/t25-,26+,27-,33+/m1/s1. The monoisotopic (exact) mass is 630 g/mol. The van der Waals surface area contributed by atoms with E-state index in [2.05, 4.69) is 10.6 Å². The van der Waals surface area contributed by atoms with Crippen molar-refractivity contribution >= 4 is 29.2 Å². The molecule has 0 spiro atoms. The summed E-state index contributed by atoms with van der Waals surface area (Å²) in [6.45, 7) is 6.60. The van der Waals surface area contributed by atoms with Crippen LogP contribution in [0.4, 0.5) is 16.2 Å². The second-order valence-corrected chi connectivity index (χ2v) is 12.0. The number of likely N-dealkylation sites (N-methyl/N-ethyl adjacent to an activating group) is 1. The fourth-order valence-corrected chi connectivity index (χ4v) is 5.43. The van der Waals surface area contributed by atoms with Crippen LogP contribution in [-0.4, -0.2) is 84.4 Å². The third kappa shape index (κ3) is 9.55. The van der Waals surface area contributed by atoms with Gasteiger partial charge in [-0.05, 0) is 75.6 Å². The van der Waals surface area contributed by atoms with Crippen molar-refractivity contribution in [2.24, 2.45) is 5.92 Å². The number of rotatable bonds is 7. The maximum Gasteiger partial charge on any atom is 0.323 e. The SMILES string of the molecule is C[C@@H]1CCCCO[C@@H](CN(C)C(=O)c2ccccc2)[C@H](C)CN([C@@H](C)CO)C(=O)c2cc(NC(=O)Nc3ccccc3)ccc2O1. The topological polar surface area (TPSA) is 120 Å². The minimum atomic E-state index is -0.518. The highest BCUT2D eigenvalue weighted by molar-refractivity contribution is 6.02. The van der Waals surface area contributed by atoms with Crippen LogP contribution in [0.1, 0.15) is 60.7 Å². The van der Waals surface area contributed by atoms with E-state index in [1.165, 1.54) is 0 Å². The summed E-state index contributed by atoms with van der Waals surface area (Å²) in [6, 6.07) is 22.2. The van der Waals surface area contributed by atoms with Crippen molar-refractivity contribution < 1.29 is 29.0 Å². The van der Waals surface area contributed by atoms with Gasteiger partial charge in [0.25, 0.3) is 11.8 Å². The molecule has 3 aromatic carbocycles. The molecule has 0 saturated heterocycles. The number of carbonyl (C=O) groups excluding carboxylic acids is 3. The zero-order chi connectivity index (χ0) is 33.1. The summed E-state index contributed by atoms with van der Waals surface area (Å²) >= 11 is 0. The minimum absolute atomic E-state index is 0.108. The average molecular weight is 631 g/mol. The summed E-state index contributed by atoms with van der Waals surface area (Å²) in [6.07, 6.45) is 1.89. The Bertz CT molecular complexity index is 1440. The maximum absolute atomic E-state index is 14.3. The third-order valence-corrected chi connectivity index (χ3v) is 8.16. The first-order valence-electron chi connectivity index (χ1n) is 15.9. The van der Waals surface area contributed by atoms with E-state index in [1.807, 2.05) is 50.2 Å². The molecule has 246 valence electrons. The third-order valence-electron chi connectivity index (χ3n) is 8.16. The van der Waals surface area contributed by atoms with Gasteiger partial charge in [0.05, 0.1) is 30.4 Å². The summed E-state index contributed by atoms with van der Waals surface area (Å²) < 4.78 is 12.7. The van der Waals surface area contributed by atoms with Gasteiger partial charge in [0, 0.05) is 49.6 Å². The van der Waals surface area contributed by atoms with E-state index in [4.69, 9.17) is 9.47 Å². The van der Waals surface area contributed by atoms with Crippen molar-refractivity contribution in [3.05, 3.63) is 90.0 Å². The number of aliphatic hydroxyl groups excluding tert-OH is 1. The molecule has 1 aliphatic rings. The van der Waals surface area contributed by atoms with Gasteiger partial charge in [-0.1, -0.05) is 43.3 Å². The molecule has 4 rings (SSSR count). The summed E-state index contributed by atoms with van der Waals surface area (Å²) in [4.78, 5) is 43.5. The zero-order valence-corrected chi connectivity index (χ0v) is 27.1. The van der Waals surface area contributed by atoms with Gasteiger partial charge in [-0.15, -0.1) is 0 Å². The Morgan fingerprint density at radius 1 is 0.978 bits per heavy atom. The Labute approximate surface area is 271 Å². The molecule has 0 unspecified atom stereocenters. The van der Waals surface area contributed by atoms with Crippen molar-refractivity contribution in [3.8, 4) is 5.75 Å². The summed E-state index contributed by atoms with van der Waals surface area (Å²) in [5.74, 6) is -0.225. The smallest absolute Gasteiger partial charge is 0.323 e. The predicted molar refractivity (Wildman–Crippen MR) is 179 cm³/mol. The molecule has 0 radical (unpaired) electrons. The van der Waals surface area contributed by atoms with Gasteiger partial charge in [-0.3, -0.25) is 9.59 Å². The molecule has 1 aliphatic heterocycles. The first kappa shape index (κ1) is 34.5. The van der Waals surface area contributed by atoms with E-state index in [0.717, 1.165) is 19.3 Å². The first-order valence-corrected chi connectivity index (χ1v) is 15.9. The lowest BCUT2D eigenvalue weighted by atomic mass is 10.0. The Morgan fingerprint density at radius 3 is 2.35 bits per heavy atom. The second-order valence-electron chi connectivity index (χ2n) is 12.0. The highest BCUT2D eigenvalue weighted by Gasteiger charge is 2.31. The number of hydrogen-bond donors (Lipinski definition) is 3. The number of para-hydroxylation sites is 1. The quantitative estimate of drug-likeness (QED) is 0.299. The van der Waals surface area contributed by atoms with Crippen LogP contribution < -0.4 is 15.4 Å². The fraction of sp³-hybridized carbons (Fsp3) is 0.417. The Hall–Kier alpha value is -4.41. The van der Waals surface area contributed by atoms with Crippen molar-refractivity contribution in [1.29, 1.82) is 0 Å². The fourth-order valence-electron chi connectivity index (χ4n) is 5.43. The molecule has 0 aliphatic carbocycles. The van der Waals surface area contributed by atoms with Gasteiger partial charge in [-0.25, -0.2) is 4.79 Å². The Morgan fingerprint density at radius 2 is 1.65 bits per heavy atom. The molecule has 3 aromatic rings.